The molecular weight excluding hydrogens is 496 g/mol. The summed E-state index contributed by atoms with van der Waals surface area (Å²) in [6.07, 6.45) is 0. The van der Waals surface area contributed by atoms with Gasteiger partial charge in [0.05, 0.1) is 12.1 Å². The first kappa shape index (κ1) is 36.1. The molecule has 0 aromatic heterocycles. The first-order valence-electron chi connectivity index (χ1n) is 13.6. The van der Waals surface area contributed by atoms with E-state index in [1.54, 1.807) is 30.8 Å². The molecule has 0 unspecified atom stereocenters. The van der Waals surface area contributed by atoms with Crippen molar-refractivity contribution in [3.05, 3.63) is 35.9 Å². The highest BCUT2D eigenvalue weighted by atomic mass is 16.4. The molecular formula is C30H52N4O5. The number of likely N-dealkylation sites (N-methyl/N-ethyl adjacent to an activating group) is 3. The maximum absolute atomic E-state index is 13.8. The molecule has 3 atom stereocenters. The smallest absolute Gasteiger partial charge is 0.300 e. The van der Waals surface area contributed by atoms with Gasteiger partial charge in [-0.25, -0.2) is 0 Å². The third-order valence-corrected chi connectivity index (χ3v) is 7.04. The third-order valence-electron chi connectivity index (χ3n) is 7.04. The van der Waals surface area contributed by atoms with E-state index < -0.39 is 28.9 Å². The van der Waals surface area contributed by atoms with Crippen molar-refractivity contribution in [1.82, 2.24) is 20.4 Å². The second kappa shape index (κ2) is 15.6. The topological polar surface area (TPSA) is 119 Å². The van der Waals surface area contributed by atoms with Gasteiger partial charge in [-0.05, 0) is 30.9 Å². The molecule has 1 aromatic rings. The summed E-state index contributed by atoms with van der Waals surface area (Å²) >= 11 is 0. The van der Waals surface area contributed by atoms with Crippen molar-refractivity contribution in [1.29, 1.82) is 0 Å². The highest BCUT2D eigenvalue weighted by Gasteiger charge is 2.42. The number of hydrogen-bond donors (Lipinski definition) is 3. The van der Waals surface area contributed by atoms with Gasteiger partial charge in [-0.1, -0.05) is 78.8 Å². The molecule has 9 heteroatoms. The summed E-state index contributed by atoms with van der Waals surface area (Å²) < 4.78 is 0. The summed E-state index contributed by atoms with van der Waals surface area (Å²) in [5, 5.41) is 13.7. The minimum atomic E-state index is -0.833. The minimum absolute atomic E-state index is 0.0142. The molecule has 1 aromatic carbocycles. The summed E-state index contributed by atoms with van der Waals surface area (Å²) in [5.74, 6) is -1.09. The maximum Gasteiger partial charge on any atom is 0.300 e. The Kier molecular flexibility index (Phi) is 14.4. The van der Waals surface area contributed by atoms with E-state index in [1.165, 1.54) is 0 Å². The van der Waals surface area contributed by atoms with Crippen LogP contribution in [0.4, 0.5) is 0 Å². The fraction of sp³-hybridized carbons (Fsp3) is 0.667. The predicted molar refractivity (Wildman–Crippen MR) is 156 cm³/mol. The van der Waals surface area contributed by atoms with Gasteiger partial charge in [0, 0.05) is 39.4 Å². The monoisotopic (exact) mass is 548 g/mol. The largest absolute Gasteiger partial charge is 0.481 e. The molecule has 9 nitrogen and oxygen atoms in total. The van der Waals surface area contributed by atoms with Crippen LogP contribution in [0.5, 0.6) is 0 Å². The number of nitrogens with one attached hydrogen (secondary N) is 2. The summed E-state index contributed by atoms with van der Waals surface area (Å²) in [6.45, 7) is 19.6. The van der Waals surface area contributed by atoms with E-state index >= 15 is 0 Å². The second-order valence-electron chi connectivity index (χ2n) is 12.0. The Labute approximate surface area is 235 Å². The molecule has 0 aliphatic rings. The van der Waals surface area contributed by atoms with Crippen LogP contribution in [0.1, 0.15) is 74.8 Å². The summed E-state index contributed by atoms with van der Waals surface area (Å²) in [7, 11) is 3.54. The third kappa shape index (κ3) is 11.0. The Morgan fingerprint density at radius 1 is 0.949 bits per heavy atom. The Morgan fingerprint density at radius 2 is 1.44 bits per heavy atom. The summed E-state index contributed by atoms with van der Waals surface area (Å²) in [5.41, 5.74) is 0.0260. The molecule has 3 amide bonds. The van der Waals surface area contributed by atoms with Crippen molar-refractivity contribution in [2.45, 2.75) is 92.8 Å². The normalized spacial score (nSPS) is 13.9. The van der Waals surface area contributed by atoms with Crippen molar-refractivity contribution in [2.75, 3.05) is 27.2 Å². The van der Waals surface area contributed by atoms with Gasteiger partial charge in [-0.3, -0.25) is 19.2 Å². The summed E-state index contributed by atoms with van der Waals surface area (Å²) in [6, 6.07) is 8.47. The number of rotatable bonds is 11. The van der Waals surface area contributed by atoms with Gasteiger partial charge in [-0.2, -0.15) is 0 Å². The number of hydrogen-bond acceptors (Lipinski definition) is 5. The molecule has 0 aliphatic heterocycles. The molecule has 3 N–H and O–H groups in total. The van der Waals surface area contributed by atoms with Gasteiger partial charge < -0.3 is 25.5 Å². The molecule has 0 radical (unpaired) electrons. The molecule has 0 bridgehead atoms. The molecule has 39 heavy (non-hydrogen) atoms. The fourth-order valence-electron chi connectivity index (χ4n) is 4.58. The van der Waals surface area contributed by atoms with Crippen molar-refractivity contribution in [3.63, 3.8) is 0 Å². The highest BCUT2D eigenvalue weighted by molar-refractivity contribution is 5.91. The maximum atomic E-state index is 13.8. The van der Waals surface area contributed by atoms with Gasteiger partial charge >= 0.3 is 0 Å². The van der Waals surface area contributed by atoms with E-state index in [0.717, 1.165) is 12.5 Å². The van der Waals surface area contributed by atoms with E-state index in [0.29, 0.717) is 13.1 Å². The number of amides is 3. The second-order valence-corrected chi connectivity index (χ2v) is 12.0. The van der Waals surface area contributed by atoms with Crippen LogP contribution < -0.4 is 10.6 Å². The van der Waals surface area contributed by atoms with Crippen LogP contribution in [-0.4, -0.2) is 83.9 Å². The molecule has 0 spiro atoms. The lowest BCUT2D eigenvalue weighted by Crippen LogP contribution is -2.62. The predicted octanol–water partition coefficient (Wildman–Crippen LogP) is 3.53. The van der Waals surface area contributed by atoms with Crippen molar-refractivity contribution in [3.8, 4) is 0 Å². The van der Waals surface area contributed by atoms with Gasteiger partial charge in [-0.15, -0.1) is 0 Å². The molecule has 222 valence electrons. The van der Waals surface area contributed by atoms with E-state index in [9.17, 15) is 14.4 Å². The number of nitrogens with zero attached hydrogens (tertiary/aromatic N) is 2. The fourth-order valence-corrected chi connectivity index (χ4v) is 4.58. The van der Waals surface area contributed by atoms with Crippen molar-refractivity contribution in [2.24, 2.45) is 11.3 Å². The quantitative estimate of drug-likeness (QED) is 0.389. The molecule has 0 aliphatic carbocycles. The van der Waals surface area contributed by atoms with Crippen LogP contribution >= 0.6 is 0 Å². The van der Waals surface area contributed by atoms with Gasteiger partial charge in [0.25, 0.3) is 5.97 Å². The average molecular weight is 549 g/mol. The zero-order valence-electron chi connectivity index (χ0n) is 26.1. The number of aliphatic carboxylic acids is 1. The number of benzene rings is 1. The lowest BCUT2D eigenvalue weighted by Gasteiger charge is -2.41. The zero-order chi connectivity index (χ0) is 30.7. The van der Waals surface area contributed by atoms with Gasteiger partial charge in [0.2, 0.25) is 17.7 Å². The highest BCUT2D eigenvalue weighted by Crippen LogP contribution is 2.29. The molecule has 0 fully saturated rings. The van der Waals surface area contributed by atoms with Crippen LogP contribution in [0.2, 0.25) is 0 Å². The molecule has 1 rings (SSSR count). The number of carbonyl (C=O) groups excluding carboxylic acids is 3. The summed E-state index contributed by atoms with van der Waals surface area (Å²) in [4.78, 5) is 51.9. The van der Waals surface area contributed by atoms with Crippen molar-refractivity contribution >= 4 is 23.7 Å². The van der Waals surface area contributed by atoms with E-state index in [1.807, 2.05) is 85.7 Å². The molecule has 0 saturated carbocycles. The van der Waals surface area contributed by atoms with Crippen LogP contribution in [0, 0.1) is 11.3 Å². The Balaban J connectivity index is 0.00000336. The SMILES string of the molecule is CC(=O)O.CCN(C[C@H](C(C)C)N(C)C(=O)[C@@H](NC(=O)[C@@H](NC)C(C)(C)c1ccccc1)C(C)(C)C)C(C)=O. The lowest BCUT2D eigenvalue weighted by atomic mass is 9.76. The first-order chi connectivity index (χ1) is 17.8. The van der Waals surface area contributed by atoms with E-state index in [2.05, 4.69) is 10.6 Å². The van der Waals surface area contributed by atoms with Crippen LogP contribution in [0.3, 0.4) is 0 Å². The Hall–Kier alpha value is -2.94. The van der Waals surface area contributed by atoms with Crippen LogP contribution in [0.15, 0.2) is 30.3 Å². The van der Waals surface area contributed by atoms with Crippen molar-refractivity contribution < 1.29 is 24.3 Å². The average Bonchev–Trinajstić information content (AvgIpc) is 2.81. The Bertz CT molecular complexity index is 936. The minimum Gasteiger partial charge on any atom is -0.481 e. The standard InChI is InChI=1S/C28H48N4O3.C2H4O2/c1-12-32(20(4)33)18-22(19(2)3)31(11)26(35)24(27(5,6)7)30-25(34)23(29-10)28(8,9)21-16-14-13-15-17-21;1-2(3)4/h13-17,19,22-24,29H,12,18H2,1-11H3,(H,30,34);1H3,(H,3,4)/t22-,23-,24-;/m1./s1. The number of carbonyl (C=O) groups is 4. The Morgan fingerprint density at radius 3 is 1.79 bits per heavy atom. The molecule has 0 heterocycles. The molecule has 0 saturated heterocycles. The van der Waals surface area contributed by atoms with E-state index in [4.69, 9.17) is 9.90 Å². The van der Waals surface area contributed by atoms with Crippen LogP contribution in [-0.2, 0) is 24.6 Å². The number of carboxylic acid groups (broad SMARTS) is 1. The number of carboxylic acids is 1. The van der Waals surface area contributed by atoms with E-state index in [-0.39, 0.29) is 29.7 Å². The van der Waals surface area contributed by atoms with Gasteiger partial charge in [0.15, 0.2) is 0 Å². The van der Waals surface area contributed by atoms with Gasteiger partial charge in [0.1, 0.15) is 6.04 Å². The first-order valence-corrected chi connectivity index (χ1v) is 13.6. The van der Waals surface area contributed by atoms with Crippen LogP contribution in [0.25, 0.3) is 0 Å². The zero-order valence-corrected chi connectivity index (χ0v) is 26.1. The lowest BCUT2D eigenvalue weighted by molar-refractivity contribution is -0.143.